The Kier molecular flexibility index (Phi) is 7.58. The first-order valence-electron chi connectivity index (χ1n) is 7.01. The third-order valence-corrected chi connectivity index (χ3v) is 4.68. The molecule has 0 rings (SSSR count). The fraction of sp³-hybridized carbons (Fsp3) is 1.00. The van der Waals surface area contributed by atoms with Gasteiger partial charge in [-0.2, -0.15) is 74.6 Å². The van der Waals surface area contributed by atoms with Crippen molar-refractivity contribution in [1.82, 2.24) is 0 Å². The molecular weight excluding hydrogens is 499 g/mol. The molecule has 182 valence electrons. The average molecular weight is 508 g/mol. The quantitative estimate of drug-likeness (QED) is 0.214. The van der Waals surface area contributed by atoms with Gasteiger partial charge in [-0.1, -0.05) is 0 Å². The van der Waals surface area contributed by atoms with Crippen LogP contribution in [0.3, 0.4) is 0 Å². The summed E-state index contributed by atoms with van der Waals surface area (Å²) in [5.41, 5.74) is 0. The normalized spacial score (nSPS) is 16.6. The van der Waals surface area contributed by atoms with Crippen LogP contribution in [0.4, 0.5) is 74.6 Å². The number of hydrogen-bond donors (Lipinski definition) is 0. The summed E-state index contributed by atoms with van der Waals surface area (Å²) in [7, 11) is -1.29. The highest BCUT2D eigenvalue weighted by Gasteiger charge is 2.95. The smallest absolute Gasteiger partial charge is 0.427 e. The van der Waals surface area contributed by atoms with E-state index in [1.165, 1.54) is 0 Å². The highest BCUT2D eigenvalue weighted by atomic mass is 28.2. The molecule has 0 aliphatic carbocycles. The molecule has 0 fully saturated rings. The van der Waals surface area contributed by atoms with E-state index in [4.69, 9.17) is 0 Å². The van der Waals surface area contributed by atoms with E-state index in [0.29, 0.717) is 0 Å². The fourth-order valence-electron chi connectivity index (χ4n) is 1.79. The van der Waals surface area contributed by atoms with Crippen LogP contribution < -0.4 is 0 Å². The number of alkyl halides is 17. The maximum Gasteiger partial charge on any atom is 0.460 e. The van der Waals surface area contributed by atoms with Crippen molar-refractivity contribution in [1.29, 1.82) is 0 Å². The van der Waals surface area contributed by atoms with Crippen LogP contribution in [-0.2, 0) is 4.43 Å². The summed E-state index contributed by atoms with van der Waals surface area (Å²) in [5, 5.41) is 0. The Morgan fingerprint density at radius 2 is 0.800 bits per heavy atom. The molecule has 0 aromatic carbocycles. The van der Waals surface area contributed by atoms with Crippen LogP contribution in [0.15, 0.2) is 0 Å². The van der Waals surface area contributed by atoms with E-state index >= 15 is 0 Å². The molecule has 0 heterocycles. The second kappa shape index (κ2) is 7.84. The Labute approximate surface area is 157 Å². The zero-order valence-electron chi connectivity index (χ0n) is 14.0. The van der Waals surface area contributed by atoms with Crippen molar-refractivity contribution in [2.45, 2.75) is 60.1 Å². The molecule has 0 spiro atoms. The van der Waals surface area contributed by atoms with Crippen LogP contribution in [0.25, 0.3) is 0 Å². The predicted molar refractivity (Wildman–Crippen MR) is 65.7 cm³/mol. The van der Waals surface area contributed by atoms with Crippen molar-refractivity contribution in [2.24, 2.45) is 0 Å². The van der Waals surface area contributed by atoms with Crippen molar-refractivity contribution in [3.05, 3.63) is 0 Å². The maximum atomic E-state index is 13.4. The zero-order chi connectivity index (χ0) is 24.8. The van der Waals surface area contributed by atoms with Gasteiger partial charge in [-0.3, -0.25) is 0 Å². The third-order valence-electron chi connectivity index (χ3n) is 3.63. The molecule has 0 saturated carbocycles. The van der Waals surface area contributed by atoms with Gasteiger partial charge >= 0.3 is 47.6 Å². The molecule has 0 aliphatic rings. The Hall–Kier alpha value is -1.01. The molecule has 19 heteroatoms. The van der Waals surface area contributed by atoms with Crippen molar-refractivity contribution in [3.63, 3.8) is 0 Å². The van der Waals surface area contributed by atoms with Gasteiger partial charge in [0.2, 0.25) is 0 Å². The standard InChI is InChI=1S/C11H9F17OSi/c1-29-30-3-2-4(12,13)5(14,15)6(16,17)7(18,19)8(20,21)9(22,23)10(24,25)11(26,27)28/h2-3,30H2,1H3. The molecule has 0 atom stereocenters. The van der Waals surface area contributed by atoms with Crippen LogP contribution in [0.2, 0.25) is 6.04 Å². The maximum absolute atomic E-state index is 13.4. The van der Waals surface area contributed by atoms with Gasteiger partial charge < -0.3 is 4.43 Å². The van der Waals surface area contributed by atoms with Crippen LogP contribution >= 0.6 is 0 Å². The summed E-state index contributed by atoms with van der Waals surface area (Å²) in [6, 6.07) is -1.15. The first-order chi connectivity index (χ1) is 12.8. The first kappa shape index (κ1) is 29.0. The second-order valence-electron chi connectivity index (χ2n) is 5.74. The van der Waals surface area contributed by atoms with Crippen molar-refractivity contribution in [3.8, 4) is 0 Å². The Bertz CT molecular complexity index is 595. The SMILES string of the molecule is CO[SiH2]CCC(F)(F)C(F)(F)C(F)(F)C(F)(F)C(F)(F)C(F)(F)C(F)(F)C(F)(F)F. The monoisotopic (exact) mass is 508 g/mol. The van der Waals surface area contributed by atoms with Gasteiger partial charge in [-0.05, 0) is 6.04 Å². The summed E-state index contributed by atoms with van der Waals surface area (Å²) < 4.78 is 224. The molecule has 0 unspecified atom stereocenters. The van der Waals surface area contributed by atoms with E-state index < -0.39 is 69.9 Å². The average Bonchev–Trinajstić information content (AvgIpc) is 2.52. The molecule has 30 heavy (non-hydrogen) atoms. The molecule has 0 aromatic rings. The molecule has 0 bridgehead atoms. The van der Waals surface area contributed by atoms with Crippen LogP contribution in [0, 0.1) is 0 Å². The minimum atomic E-state index is -8.58. The molecule has 0 amide bonds. The lowest BCUT2D eigenvalue weighted by atomic mass is 9.88. The van der Waals surface area contributed by atoms with Crippen molar-refractivity contribution < 1.29 is 79.1 Å². The summed E-state index contributed by atoms with van der Waals surface area (Å²) in [4.78, 5) is 0. The van der Waals surface area contributed by atoms with Gasteiger partial charge in [0.15, 0.2) is 9.76 Å². The fourth-order valence-corrected chi connectivity index (χ4v) is 2.67. The topological polar surface area (TPSA) is 9.23 Å². The lowest BCUT2D eigenvalue weighted by Gasteiger charge is -2.42. The van der Waals surface area contributed by atoms with Gasteiger partial charge in [-0.15, -0.1) is 0 Å². The van der Waals surface area contributed by atoms with E-state index in [-0.39, 0.29) is 0 Å². The zero-order valence-corrected chi connectivity index (χ0v) is 15.4. The second-order valence-corrected chi connectivity index (χ2v) is 7.44. The van der Waals surface area contributed by atoms with E-state index in [9.17, 15) is 74.6 Å². The lowest BCUT2D eigenvalue weighted by molar-refractivity contribution is -0.461. The third kappa shape index (κ3) is 3.94. The van der Waals surface area contributed by atoms with Crippen LogP contribution in [-0.4, -0.2) is 64.5 Å². The highest BCUT2D eigenvalue weighted by molar-refractivity contribution is 6.26. The summed E-state index contributed by atoms with van der Waals surface area (Å²) in [6.07, 6.45) is -10.2. The Morgan fingerprint density at radius 1 is 0.500 bits per heavy atom. The largest absolute Gasteiger partial charge is 0.460 e. The molecular formula is C11H9F17OSi. The minimum absolute atomic E-state index is 0.828. The van der Waals surface area contributed by atoms with Crippen molar-refractivity contribution in [2.75, 3.05) is 7.11 Å². The number of hydrogen-bond acceptors (Lipinski definition) is 1. The van der Waals surface area contributed by atoms with Gasteiger partial charge in [-0.25, -0.2) is 0 Å². The summed E-state index contributed by atoms with van der Waals surface area (Å²) >= 11 is 0. The Morgan fingerprint density at radius 3 is 1.10 bits per heavy atom. The molecule has 0 radical (unpaired) electrons. The van der Waals surface area contributed by atoms with E-state index in [1.54, 1.807) is 0 Å². The van der Waals surface area contributed by atoms with E-state index in [0.717, 1.165) is 7.11 Å². The van der Waals surface area contributed by atoms with E-state index in [2.05, 4.69) is 4.43 Å². The number of rotatable bonds is 10. The summed E-state index contributed by atoms with van der Waals surface area (Å²) in [5.74, 6) is -55.8. The molecule has 1 nitrogen and oxygen atoms in total. The number of halogens is 17. The summed E-state index contributed by atoms with van der Waals surface area (Å²) in [6.45, 7) is 0. The van der Waals surface area contributed by atoms with Gasteiger partial charge in [0.25, 0.3) is 0 Å². The molecule has 0 aromatic heterocycles. The van der Waals surface area contributed by atoms with Gasteiger partial charge in [0.05, 0.1) is 0 Å². The lowest BCUT2D eigenvalue weighted by Crippen LogP contribution is -2.74. The first-order valence-corrected chi connectivity index (χ1v) is 8.59. The molecule has 0 N–H and O–H groups in total. The van der Waals surface area contributed by atoms with E-state index in [1.807, 2.05) is 0 Å². The highest BCUT2D eigenvalue weighted by Crippen LogP contribution is 2.64. The van der Waals surface area contributed by atoms with Gasteiger partial charge in [0.1, 0.15) is 0 Å². The molecule has 0 saturated heterocycles. The van der Waals surface area contributed by atoms with Gasteiger partial charge in [0, 0.05) is 13.5 Å². The Balaban J connectivity index is 6.48. The minimum Gasteiger partial charge on any atom is -0.427 e. The van der Waals surface area contributed by atoms with Crippen molar-refractivity contribution >= 4 is 9.76 Å². The van der Waals surface area contributed by atoms with Crippen LogP contribution in [0.5, 0.6) is 0 Å². The molecule has 0 aliphatic heterocycles. The van der Waals surface area contributed by atoms with Crippen LogP contribution in [0.1, 0.15) is 6.42 Å². The predicted octanol–water partition coefficient (Wildman–Crippen LogP) is 5.53.